The van der Waals surface area contributed by atoms with Crippen LogP contribution in [0.2, 0.25) is 10.0 Å². The minimum Gasteiger partial charge on any atom is -0.496 e. The van der Waals surface area contributed by atoms with Crippen molar-refractivity contribution in [2.24, 2.45) is 0 Å². The average molecular weight is 452 g/mol. The number of nitrogens with zero attached hydrogens (tertiary/aromatic N) is 1. The highest BCUT2D eigenvalue weighted by Crippen LogP contribution is 2.48. The maximum atomic E-state index is 13.3. The molecule has 1 unspecified atom stereocenters. The van der Waals surface area contributed by atoms with Gasteiger partial charge in [0.05, 0.1) is 25.0 Å². The van der Waals surface area contributed by atoms with Crippen molar-refractivity contribution in [3.8, 4) is 5.75 Å². The molecule has 0 bridgehead atoms. The molecule has 2 saturated heterocycles. The van der Waals surface area contributed by atoms with Crippen LogP contribution in [0.4, 0.5) is 0 Å². The normalized spacial score (nSPS) is 22.6. The molecular formula is C20H15Cl2NO5S. The van der Waals surface area contributed by atoms with Crippen molar-refractivity contribution >= 4 is 50.8 Å². The molecule has 0 saturated carbocycles. The fourth-order valence-electron chi connectivity index (χ4n) is 3.71. The van der Waals surface area contributed by atoms with Crippen molar-refractivity contribution in [2.75, 3.05) is 13.7 Å². The van der Waals surface area contributed by atoms with E-state index in [9.17, 15) is 18.0 Å². The first-order valence-corrected chi connectivity index (χ1v) is 10.8. The number of carbonyl (C=O) groups is 2. The molecule has 29 heavy (non-hydrogen) atoms. The van der Waals surface area contributed by atoms with Crippen molar-refractivity contribution < 1.29 is 22.7 Å². The molecule has 9 heteroatoms. The molecule has 0 aromatic heterocycles. The third kappa shape index (κ3) is 2.87. The minimum absolute atomic E-state index is 0.0608. The van der Waals surface area contributed by atoms with Gasteiger partial charge in [0.2, 0.25) is 26.4 Å². The summed E-state index contributed by atoms with van der Waals surface area (Å²) >= 11 is 11.9. The van der Waals surface area contributed by atoms with Gasteiger partial charge in [0.1, 0.15) is 5.75 Å². The van der Waals surface area contributed by atoms with Crippen LogP contribution in [0.5, 0.6) is 5.75 Å². The lowest BCUT2D eigenvalue weighted by Crippen LogP contribution is -2.67. The van der Waals surface area contributed by atoms with Crippen molar-refractivity contribution in [3.05, 3.63) is 63.6 Å². The molecule has 0 spiro atoms. The molecule has 0 aliphatic carbocycles. The Balaban J connectivity index is 1.81. The summed E-state index contributed by atoms with van der Waals surface area (Å²) < 4.78 is 31.9. The molecule has 2 aliphatic rings. The van der Waals surface area contributed by atoms with E-state index in [1.165, 1.54) is 37.5 Å². The second-order valence-electron chi connectivity index (χ2n) is 6.78. The van der Waals surface area contributed by atoms with Crippen LogP contribution in [0.25, 0.3) is 6.08 Å². The number of methoxy groups -OCH3 is 1. The van der Waals surface area contributed by atoms with Crippen LogP contribution >= 0.6 is 23.2 Å². The van der Waals surface area contributed by atoms with E-state index in [1.54, 1.807) is 18.2 Å². The van der Waals surface area contributed by atoms with Gasteiger partial charge < -0.3 is 9.64 Å². The molecule has 4 rings (SSSR count). The van der Waals surface area contributed by atoms with Crippen LogP contribution in [0.1, 0.15) is 12.0 Å². The number of carbonyl (C=O) groups excluding carboxylic acids is 2. The van der Waals surface area contributed by atoms with Gasteiger partial charge in [-0.1, -0.05) is 23.2 Å². The molecule has 2 heterocycles. The molecule has 0 radical (unpaired) electrons. The number of Topliss-reactive ketones (excluding diaryl/α,β-unsaturated/α-hetero) is 1. The maximum absolute atomic E-state index is 13.3. The average Bonchev–Trinajstić information content (AvgIpc) is 2.90. The van der Waals surface area contributed by atoms with E-state index in [0.29, 0.717) is 21.4 Å². The number of ether oxygens (including phenoxy) is 1. The molecule has 6 nitrogen and oxygen atoms in total. The number of hydrogen-bond acceptors (Lipinski definition) is 5. The predicted octanol–water partition coefficient (Wildman–Crippen LogP) is 3.37. The fourth-order valence-corrected chi connectivity index (χ4v) is 6.04. The van der Waals surface area contributed by atoms with Crippen LogP contribution in [0.3, 0.4) is 0 Å². The highest BCUT2D eigenvalue weighted by molar-refractivity contribution is 7.93. The third-order valence-electron chi connectivity index (χ3n) is 5.19. The summed E-state index contributed by atoms with van der Waals surface area (Å²) in [5.74, 6) is -0.531. The zero-order valence-corrected chi connectivity index (χ0v) is 17.5. The smallest absolute Gasteiger partial charge is 0.228 e. The SMILES string of the molecule is COc1ccc(Cl)cc1C=C1CN2C(=O)CC2(S(=O)(=O)c2ccc(Cl)cc2)C1=O. The van der Waals surface area contributed by atoms with E-state index in [1.807, 2.05) is 0 Å². The highest BCUT2D eigenvalue weighted by Gasteiger charge is 2.69. The predicted molar refractivity (Wildman–Crippen MR) is 109 cm³/mol. The van der Waals surface area contributed by atoms with Crippen LogP contribution in [-0.4, -0.2) is 43.5 Å². The Morgan fingerprint density at radius 3 is 2.34 bits per heavy atom. The number of benzene rings is 2. The largest absolute Gasteiger partial charge is 0.496 e. The second-order valence-corrected chi connectivity index (χ2v) is 9.81. The molecule has 1 amide bonds. The monoisotopic (exact) mass is 451 g/mol. The van der Waals surface area contributed by atoms with Gasteiger partial charge in [-0.3, -0.25) is 9.59 Å². The Hall–Kier alpha value is -2.35. The van der Waals surface area contributed by atoms with Crippen LogP contribution in [0.15, 0.2) is 52.9 Å². The summed E-state index contributed by atoms with van der Waals surface area (Å²) in [6.07, 6.45) is 1.14. The van der Waals surface area contributed by atoms with Gasteiger partial charge in [-0.05, 0) is 48.5 Å². The van der Waals surface area contributed by atoms with E-state index in [4.69, 9.17) is 27.9 Å². The summed E-state index contributed by atoms with van der Waals surface area (Å²) in [7, 11) is -2.67. The topological polar surface area (TPSA) is 80.8 Å². The van der Waals surface area contributed by atoms with Crippen LogP contribution in [0, 0.1) is 0 Å². The van der Waals surface area contributed by atoms with E-state index in [-0.39, 0.29) is 23.4 Å². The Morgan fingerprint density at radius 1 is 1.07 bits per heavy atom. The number of hydrogen-bond donors (Lipinski definition) is 0. The molecule has 2 fully saturated rings. The van der Waals surface area contributed by atoms with Crippen molar-refractivity contribution in [3.63, 3.8) is 0 Å². The molecule has 2 aromatic rings. The Bertz CT molecular complexity index is 1170. The van der Waals surface area contributed by atoms with Gasteiger partial charge in [0.25, 0.3) is 0 Å². The van der Waals surface area contributed by atoms with E-state index < -0.39 is 26.4 Å². The lowest BCUT2D eigenvalue weighted by atomic mass is 9.99. The standard InChI is InChI=1S/C20H15Cl2NO5S/c1-28-17-7-4-15(22)9-12(17)8-13-11-23-18(24)10-20(23,19(13)25)29(26,27)16-5-2-14(21)3-6-16/h2-9H,10-11H2,1H3. The summed E-state index contributed by atoms with van der Waals surface area (Å²) in [5, 5.41) is 0.806. The quantitative estimate of drug-likeness (QED) is 0.525. The number of sulfone groups is 1. The summed E-state index contributed by atoms with van der Waals surface area (Å²) in [6, 6.07) is 10.4. The maximum Gasteiger partial charge on any atom is 0.228 e. The lowest BCUT2D eigenvalue weighted by molar-refractivity contribution is -0.150. The van der Waals surface area contributed by atoms with Crippen molar-refractivity contribution in [1.82, 2.24) is 4.90 Å². The third-order valence-corrected chi connectivity index (χ3v) is 8.01. The first-order valence-electron chi connectivity index (χ1n) is 8.60. The van der Waals surface area contributed by atoms with Crippen molar-refractivity contribution in [2.45, 2.75) is 16.2 Å². The molecule has 2 aromatic carbocycles. The zero-order chi connectivity index (χ0) is 21.0. The highest BCUT2D eigenvalue weighted by atomic mass is 35.5. The second kappa shape index (κ2) is 6.86. The summed E-state index contributed by atoms with van der Waals surface area (Å²) in [6.45, 7) is -0.0971. The fraction of sp³-hybridized carbons (Fsp3) is 0.200. The molecule has 150 valence electrons. The number of β-lactam (4-membered cyclic amide) rings is 1. The van der Waals surface area contributed by atoms with Crippen molar-refractivity contribution in [1.29, 1.82) is 0 Å². The van der Waals surface area contributed by atoms with Gasteiger partial charge in [-0.15, -0.1) is 0 Å². The first-order chi connectivity index (χ1) is 13.7. The van der Waals surface area contributed by atoms with Crippen LogP contribution in [-0.2, 0) is 19.4 Å². The van der Waals surface area contributed by atoms with Crippen LogP contribution < -0.4 is 4.74 Å². The lowest BCUT2D eigenvalue weighted by Gasteiger charge is -2.44. The van der Waals surface area contributed by atoms with Gasteiger partial charge >= 0.3 is 0 Å². The first kappa shape index (κ1) is 19.9. The summed E-state index contributed by atoms with van der Waals surface area (Å²) in [5.41, 5.74) is 0.728. The Kier molecular flexibility index (Phi) is 4.72. The number of halogens is 2. The molecule has 2 aliphatic heterocycles. The Morgan fingerprint density at radius 2 is 1.72 bits per heavy atom. The van der Waals surface area contributed by atoms with E-state index in [0.717, 1.165) is 4.90 Å². The molecular weight excluding hydrogens is 437 g/mol. The number of amides is 1. The molecule has 0 N–H and O–H groups in total. The minimum atomic E-state index is -4.15. The molecule has 1 atom stereocenters. The number of fused-ring (bicyclic) bond motifs is 1. The van der Waals surface area contributed by atoms with E-state index in [2.05, 4.69) is 0 Å². The Labute approximate surface area is 177 Å². The van der Waals surface area contributed by atoms with Gasteiger partial charge in [0.15, 0.2) is 0 Å². The van der Waals surface area contributed by atoms with E-state index >= 15 is 0 Å². The number of rotatable bonds is 4. The van der Waals surface area contributed by atoms with Gasteiger partial charge in [-0.2, -0.15) is 0 Å². The summed E-state index contributed by atoms with van der Waals surface area (Å²) in [4.78, 5) is 24.6. The number of ketones is 1. The zero-order valence-electron chi connectivity index (χ0n) is 15.2. The van der Waals surface area contributed by atoms with Gasteiger partial charge in [0, 0.05) is 21.2 Å². The van der Waals surface area contributed by atoms with Gasteiger partial charge in [-0.25, -0.2) is 8.42 Å².